The van der Waals surface area contributed by atoms with Gasteiger partial charge in [0.05, 0.1) is 12.0 Å². The summed E-state index contributed by atoms with van der Waals surface area (Å²) in [6.45, 7) is 11.0. The second-order valence-corrected chi connectivity index (χ2v) is 8.40. The lowest BCUT2D eigenvalue weighted by Crippen LogP contribution is -2.37. The first kappa shape index (κ1) is 15.0. The third-order valence-electron chi connectivity index (χ3n) is 2.91. The van der Waals surface area contributed by atoms with Crippen molar-refractivity contribution in [1.29, 1.82) is 0 Å². The molecule has 0 bridgehead atoms. The van der Waals surface area contributed by atoms with Gasteiger partial charge in [-0.1, -0.05) is 57.0 Å². The summed E-state index contributed by atoms with van der Waals surface area (Å²) in [5.74, 6) is 2.96. The molecule has 0 aliphatic carbocycles. The predicted molar refractivity (Wildman–Crippen MR) is 81.2 cm³/mol. The minimum absolute atomic E-state index is 0.0288. The topological polar surface area (TPSA) is 9.23 Å². The highest BCUT2D eigenvalue weighted by atomic mass is 28.3. The maximum absolute atomic E-state index is 6.22. The zero-order valence-corrected chi connectivity index (χ0v) is 13.3. The third kappa shape index (κ3) is 4.01. The van der Waals surface area contributed by atoms with E-state index in [2.05, 4.69) is 51.9 Å². The van der Waals surface area contributed by atoms with Crippen LogP contribution < -0.4 is 0 Å². The SMILES string of the molecule is C#CC(c1ccccc1)C(O[SiH](C)C)C(C)(C)C. The Hall–Kier alpha value is -1.04. The van der Waals surface area contributed by atoms with Crippen molar-refractivity contribution in [2.45, 2.75) is 45.9 Å². The van der Waals surface area contributed by atoms with Crippen LogP contribution in [0, 0.1) is 17.8 Å². The molecule has 1 aromatic carbocycles. The van der Waals surface area contributed by atoms with Crippen molar-refractivity contribution in [1.82, 2.24) is 0 Å². The molecule has 0 spiro atoms. The second kappa shape index (κ2) is 6.22. The highest BCUT2D eigenvalue weighted by Gasteiger charge is 2.33. The van der Waals surface area contributed by atoms with E-state index in [9.17, 15) is 0 Å². The number of benzene rings is 1. The molecule has 2 atom stereocenters. The van der Waals surface area contributed by atoms with E-state index in [1.807, 2.05) is 18.2 Å². The molecule has 1 rings (SSSR count). The standard InChI is InChI=1S/C16H24OSi/c1-7-14(13-11-9-8-10-12-13)15(16(2,3)4)17-18(5)6/h1,8-12,14-15,18H,2-6H3. The molecule has 1 aromatic rings. The van der Waals surface area contributed by atoms with E-state index in [4.69, 9.17) is 10.8 Å². The Bertz CT molecular complexity index is 397. The van der Waals surface area contributed by atoms with E-state index in [1.165, 1.54) is 5.56 Å². The Morgan fingerprint density at radius 2 is 1.72 bits per heavy atom. The lowest BCUT2D eigenvalue weighted by Gasteiger charge is -2.36. The van der Waals surface area contributed by atoms with Crippen LogP contribution in [0.1, 0.15) is 32.3 Å². The molecule has 2 heteroatoms. The molecule has 1 nitrogen and oxygen atoms in total. The predicted octanol–water partition coefficient (Wildman–Crippen LogP) is 3.82. The van der Waals surface area contributed by atoms with Gasteiger partial charge in [-0.05, 0) is 24.1 Å². The lowest BCUT2D eigenvalue weighted by molar-refractivity contribution is 0.0761. The summed E-state index contributed by atoms with van der Waals surface area (Å²) in [7, 11) is -1.12. The average Bonchev–Trinajstić information content (AvgIpc) is 2.28. The van der Waals surface area contributed by atoms with Crippen LogP contribution in [0.5, 0.6) is 0 Å². The van der Waals surface area contributed by atoms with Crippen LogP contribution in [0.2, 0.25) is 13.1 Å². The summed E-state index contributed by atoms with van der Waals surface area (Å²) in [5.41, 5.74) is 1.22. The zero-order chi connectivity index (χ0) is 13.8. The Labute approximate surface area is 113 Å². The first-order chi connectivity index (χ1) is 8.36. The largest absolute Gasteiger partial charge is 0.416 e. The first-order valence-corrected chi connectivity index (χ1v) is 9.31. The molecule has 0 saturated carbocycles. The van der Waals surface area contributed by atoms with Gasteiger partial charge in [-0.15, -0.1) is 6.42 Å². The molecule has 0 radical (unpaired) electrons. The van der Waals surface area contributed by atoms with Gasteiger partial charge >= 0.3 is 0 Å². The van der Waals surface area contributed by atoms with E-state index in [0.717, 1.165) is 0 Å². The van der Waals surface area contributed by atoms with Crippen LogP contribution in [0.4, 0.5) is 0 Å². The smallest absolute Gasteiger partial charge is 0.171 e. The average molecular weight is 260 g/mol. The Balaban J connectivity index is 3.07. The molecule has 2 unspecified atom stereocenters. The molecule has 98 valence electrons. The van der Waals surface area contributed by atoms with E-state index in [0.29, 0.717) is 0 Å². The first-order valence-electron chi connectivity index (χ1n) is 6.52. The minimum Gasteiger partial charge on any atom is -0.416 e. The fourth-order valence-electron chi connectivity index (χ4n) is 2.09. The van der Waals surface area contributed by atoms with Gasteiger partial charge in [0.1, 0.15) is 0 Å². The van der Waals surface area contributed by atoms with Crippen molar-refractivity contribution in [2.75, 3.05) is 0 Å². The Kier molecular flexibility index (Phi) is 5.19. The van der Waals surface area contributed by atoms with Gasteiger partial charge in [0.2, 0.25) is 0 Å². The normalized spacial score (nSPS) is 15.2. The van der Waals surface area contributed by atoms with Crippen molar-refractivity contribution in [3.05, 3.63) is 35.9 Å². The van der Waals surface area contributed by atoms with Gasteiger partial charge in [0, 0.05) is 0 Å². The summed E-state index contributed by atoms with van der Waals surface area (Å²) in [6.07, 6.45) is 5.84. The lowest BCUT2D eigenvalue weighted by atomic mass is 9.79. The van der Waals surface area contributed by atoms with Gasteiger partial charge in [0.25, 0.3) is 0 Å². The summed E-state index contributed by atoms with van der Waals surface area (Å²) in [5, 5.41) is 0. The molecule has 0 aromatic heterocycles. The highest BCUT2D eigenvalue weighted by Crippen LogP contribution is 2.34. The van der Waals surface area contributed by atoms with Crippen molar-refractivity contribution >= 4 is 9.04 Å². The Morgan fingerprint density at radius 1 is 1.17 bits per heavy atom. The van der Waals surface area contributed by atoms with Crippen LogP contribution >= 0.6 is 0 Å². The molecule has 0 saturated heterocycles. The van der Waals surface area contributed by atoms with Gasteiger partial charge < -0.3 is 4.43 Å². The van der Waals surface area contributed by atoms with Crippen molar-refractivity contribution in [3.63, 3.8) is 0 Å². The fraction of sp³-hybridized carbons (Fsp3) is 0.500. The molecule has 0 heterocycles. The van der Waals surface area contributed by atoms with Gasteiger partial charge in [-0.25, -0.2) is 0 Å². The molecular formula is C16H24OSi. The number of hydrogen-bond acceptors (Lipinski definition) is 1. The van der Waals surface area contributed by atoms with Gasteiger partial charge in [0.15, 0.2) is 9.04 Å². The maximum atomic E-state index is 6.22. The molecular weight excluding hydrogens is 236 g/mol. The number of hydrogen-bond donors (Lipinski definition) is 0. The maximum Gasteiger partial charge on any atom is 0.171 e. The van der Waals surface area contributed by atoms with E-state index >= 15 is 0 Å². The monoisotopic (exact) mass is 260 g/mol. The third-order valence-corrected chi connectivity index (χ3v) is 3.75. The Morgan fingerprint density at radius 3 is 2.11 bits per heavy atom. The van der Waals surface area contributed by atoms with Crippen LogP contribution in [0.25, 0.3) is 0 Å². The van der Waals surface area contributed by atoms with Crippen LogP contribution in [0.3, 0.4) is 0 Å². The molecule has 0 N–H and O–H groups in total. The van der Waals surface area contributed by atoms with E-state index < -0.39 is 9.04 Å². The molecule has 18 heavy (non-hydrogen) atoms. The summed E-state index contributed by atoms with van der Waals surface area (Å²) >= 11 is 0. The quantitative estimate of drug-likeness (QED) is 0.591. The summed E-state index contributed by atoms with van der Waals surface area (Å²) < 4.78 is 6.22. The van der Waals surface area contributed by atoms with Crippen molar-refractivity contribution in [3.8, 4) is 12.3 Å². The number of rotatable bonds is 4. The minimum atomic E-state index is -1.12. The van der Waals surface area contributed by atoms with Gasteiger partial charge in [-0.2, -0.15) is 0 Å². The van der Waals surface area contributed by atoms with E-state index in [-0.39, 0.29) is 17.4 Å². The summed E-state index contributed by atoms with van der Waals surface area (Å²) in [4.78, 5) is 0. The van der Waals surface area contributed by atoms with E-state index in [1.54, 1.807) is 0 Å². The highest BCUT2D eigenvalue weighted by molar-refractivity contribution is 6.48. The fourth-order valence-corrected chi connectivity index (χ4v) is 3.25. The molecule has 0 aliphatic rings. The molecule has 0 fully saturated rings. The molecule has 0 aliphatic heterocycles. The zero-order valence-electron chi connectivity index (χ0n) is 12.1. The summed E-state index contributed by atoms with van der Waals surface area (Å²) in [6, 6.07) is 10.3. The van der Waals surface area contributed by atoms with Gasteiger partial charge in [-0.3, -0.25) is 0 Å². The van der Waals surface area contributed by atoms with Crippen molar-refractivity contribution in [2.24, 2.45) is 5.41 Å². The molecule has 0 amide bonds. The van der Waals surface area contributed by atoms with Crippen molar-refractivity contribution < 1.29 is 4.43 Å². The van der Waals surface area contributed by atoms with Crippen LogP contribution in [-0.2, 0) is 4.43 Å². The van der Waals surface area contributed by atoms with Crippen LogP contribution in [-0.4, -0.2) is 15.1 Å². The van der Waals surface area contributed by atoms with Crippen LogP contribution in [0.15, 0.2) is 30.3 Å². The second-order valence-electron chi connectivity index (χ2n) is 6.03. The number of terminal acetylenes is 1.